The van der Waals surface area contributed by atoms with Crippen LogP contribution in [0.1, 0.15) is 29.6 Å². The highest BCUT2D eigenvalue weighted by Crippen LogP contribution is 2.29. The lowest BCUT2D eigenvalue weighted by Gasteiger charge is -2.26. The number of fused-ring (bicyclic) bond motifs is 1. The number of rotatable bonds is 3. The molecule has 3 heterocycles. The maximum atomic E-state index is 12.4. The third-order valence-electron chi connectivity index (χ3n) is 4.63. The van der Waals surface area contributed by atoms with Crippen molar-refractivity contribution in [3.8, 4) is 0 Å². The number of hydrogen-bond donors (Lipinski definition) is 1. The van der Waals surface area contributed by atoms with Gasteiger partial charge >= 0.3 is 0 Å². The van der Waals surface area contributed by atoms with Crippen molar-refractivity contribution in [1.82, 2.24) is 10.2 Å². The predicted molar refractivity (Wildman–Crippen MR) is 81.8 cm³/mol. The lowest BCUT2D eigenvalue weighted by atomic mass is 9.92. The first kappa shape index (κ1) is 13.8. The molecule has 0 aromatic carbocycles. The van der Waals surface area contributed by atoms with Crippen molar-refractivity contribution in [2.24, 2.45) is 11.1 Å². The summed E-state index contributed by atoms with van der Waals surface area (Å²) in [5, 5.41) is 10.7. The average molecular weight is 319 g/mol. The Morgan fingerprint density at radius 3 is 2.91 bits per heavy atom. The Balaban J connectivity index is 1.42. The Morgan fingerprint density at radius 1 is 1.36 bits per heavy atom. The van der Waals surface area contributed by atoms with Gasteiger partial charge in [0.25, 0.3) is 11.8 Å². The van der Waals surface area contributed by atoms with Crippen LogP contribution in [0.3, 0.4) is 0 Å². The van der Waals surface area contributed by atoms with Crippen LogP contribution in [0, 0.1) is 5.92 Å². The van der Waals surface area contributed by atoms with Crippen LogP contribution in [0.4, 0.5) is 0 Å². The van der Waals surface area contributed by atoms with E-state index in [4.69, 9.17) is 4.84 Å². The Morgan fingerprint density at radius 2 is 2.23 bits per heavy atom. The molecule has 1 aliphatic carbocycles. The first-order chi connectivity index (χ1) is 10.7. The molecular formula is C15H17N3O3S. The van der Waals surface area contributed by atoms with Crippen LogP contribution < -0.4 is 5.32 Å². The van der Waals surface area contributed by atoms with Gasteiger partial charge in [0.1, 0.15) is 0 Å². The van der Waals surface area contributed by atoms with Crippen LogP contribution in [0.5, 0.6) is 0 Å². The summed E-state index contributed by atoms with van der Waals surface area (Å²) in [6.45, 7) is 0.985. The zero-order valence-electron chi connectivity index (χ0n) is 12.0. The van der Waals surface area contributed by atoms with E-state index in [1.54, 1.807) is 4.90 Å². The van der Waals surface area contributed by atoms with E-state index >= 15 is 0 Å². The fourth-order valence-corrected chi connectivity index (χ4v) is 3.72. The number of thiophene rings is 1. The minimum atomic E-state index is -0.190. The second kappa shape index (κ2) is 5.39. The average Bonchev–Trinajstić information content (AvgIpc) is 3.16. The van der Waals surface area contributed by atoms with Gasteiger partial charge in [0.15, 0.2) is 11.8 Å². The second-order valence-corrected chi connectivity index (χ2v) is 6.83. The Kier molecular flexibility index (Phi) is 3.37. The van der Waals surface area contributed by atoms with Gasteiger partial charge in [-0.2, -0.15) is 11.3 Å². The SMILES string of the molecule is O=C(NC1CCC1)C1=NO[C@@H]2CN(C(=O)c3ccsc3)C[C@H]12. The van der Waals surface area contributed by atoms with Gasteiger partial charge in [-0.25, -0.2) is 0 Å². The molecule has 0 spiro atoms. The van der Waals surface area contributed by atoms with E-state index in [0.29, 0.717) is 24.4 Å². The van der Waals surface area contributed by atoms with Crippen molar-refractivity contribution in [2.75, 3.05) is 13.1 Å². The molecule has 0 radical (unpaired) electrons. The standard InChI is InChI=1S/C15H17N3O3S/c19-14(16-10-2-1-3-10)13-11-6-18(7-12(11)21-17-13)15(20)9-4-5-22-8-9/h4-5,8,10-12H,1-3,6-7H2,(H,16,19)/t11-,12+/m0/s1. The van der Waals surface area contributed by atoms with Crippen molar-refractivity contribution >= 4 is 28.9 Å². The molecule has 2 aliphatic heterocycles. The highest BCUT2D eigenvalue weighted by molar-refractivity contribution is 7.08. The summed E-state index contributed by atoms with van der Waals surface area (Å²) in [7, 11) is 0. The number of hydrogen-bond acceptors (Lipinski definition) is 5. The highest BCUT2D eigenvalue weighted by Gasteiger charge is 2.46. The van der Waals surface area contributed by atoms with Gasteiger partial charge in [-0.15, -0.1) is 0 Å². The first-order valence-corrected chi connectivity index (χ1v) is 8.52. The molecule has 6 nitrogen and oxygen atoms in total. The molecule has 1 aromatic heterocycles. The van der Waals surface area contributed by atoms with E-state index in [-0.39, 0.29) is 29.9 Å². The maximum absolute atomic E-state index is 12.4. The van der Waals surface area contributed by atoms with Crippen LogP contribution >= 0.6 is 11.3 Å². The third kappa shape index (κ3) is 2.29. The molecule has 2 amide bonds. The molecule has 2 atom stereocenters. The summed E-state index contributed by atoms with van der Waals surface area (Å²) >= 11 is 1.50. The van der Waals surface area contributed by atoms with Crippen LogP contribution in [0.15, 0.2) is 22.0 Å². The quantitative estimate of drug-likeness (QED) is 0.911. The minimum Gasteiger partial charge on any atom is -0.389 e. The van der Waals surface area contributed by atoms with Crippen molar-refractivity contribution in [3.05, 3.63) is 22.4 Å². The molecule has 116 valence electrons. The molecule has 1 N–H and O–H groups in total. The van der Waals surface area contributed by atoms with Crippen LogP contribution in [-0.4, -0.2) is 47.7 Å². The monoisotopic (exact) mass is 319 g/mol. The van der Waals surface area contributed by atoms with E-state index < -0.39 is 0 Å². The molecule has 1 aromatic rings. The number of nitrogens with zero attached hydrogens (tertiary/aromatic N) is 2. The van der Waals surface area contributed by atoms with E-state index in [1.165, 1.54) is 17.8 Å². The second-order valence-electron chi connectivity index (χ2n) is 6.05. The summed E-state index contributed by atoms with van der Waals surface area (Å²) in [5.41, 5.74) is 1.14. The molecular weight excluding hydrogens is 302 g/mol. The van der Waals surface area contributed by atoms with Gasteiger partial charge in [-0.1, -0.05) is 5.16 Å². The van der Waals surface area contributed by atoms with Crippen molar-refractivity contribution in [1.29, 1.82) is 0 Å². The van der Waals surface area contributed by atoms with Crippen LogP contribution in [-0.2, 0) is 9.63 Å². The summed E-state index contributed by atoms with van der Waals surface area (Å²) in [4.78, 5) is 31.8. The summed E-state index contributed by atoms with van der Waals surface area (Å²) < 4.78 is 0. The van der Waals surface area contributed by atoms with E-state index in [2.05, 4.69) is 10.5 Å². The fourth-order valence-electron chi connectivity index (χ4n) is 3.09. The van der Waals surface area contributed by atoms with Gasteiger partial charge in [-0.3, -0.25) is 9.59 Å². The Hall–Kier alpha value is -1.89. The molecule has 2 fully saturated rings. The molecule has 0 bridgehead atoms. The van der Waals surface area contributed by atoms with Gasteiger partial charge in [0.2, 0.25) is 0 Å². The van der Waals surface area contributed by atoms with Gasteiger partial charge in [0, 0.05) is 18.0 Å². The molecule has 1 saturated heterocycles. The maximum Gasteiger partial charge on any atom is 0.269 e. The highest BCUT2D eigenvalue weighted by atomic mass is 32.1. The number of nitrogens with one attached hydrogen (secondary N) is 1. The van der Waals surface area contributed by atoms with Crippen LogP contribution in [0.2, 0.25) is 0 Å². The Labute approximate surface area is 132 Å². The van der Waals surface area contributed by atoms with Crippen molar-refractivity contribution in [3.63, 3.8) is 0 Å². The predicted octanol–water partition coefficient (Wildman–Crippen LogP) is 1.24. The molecule has 4 rings (SSSR count). The summed E-state index contributed by atoms with van der Waals surface area (Å²) in [6.07, 6.45) is 3.06. The molecule has 22 heavy (non-hydrogen) atoms. The van der Waals surface area contributed by atoms with Gasteiger partial charge < -0.3 is 15.1 Å². The molecule has 0 unspecified atom stereocenters. The summed E-state index contributed by atoms with van der Waals surface area (Å²) in [6, 6.07) is 2.10. The van der Waals surface area contributed by atoms with Gasteiger partial charge in [0.05, 0.1) is 18.0 Å². The lowest BCUT2D eigenvalue weighted by molar-refractivity contribution is -0.116. The van der Waals surface area contributed by atoms with E-state index in [9.17, 15) is 9.59 Å². The normalized spacial score (nSPS) is 26.9. The topological polar surface area (TPSA) is 71.0 Å². The largest absolute Gasteiger partial charge is 0.389 e. The number of oxime groups is 1. The smallest absolute Gasteiger partial charge is 0.269 e. The minimum absolute atomic E-state index is 0.00185. The number of carbonyl (C=O) groups excluding carboxylic acids is 2. The molecule has 7 heteroatoms. The lowest BCUT2D eigenvalue weighted by Crippen LogP contribution is -2.45. The number of carbonyl (C=O) groups is 2. The third-order valence-corrected chi connectivity index (χ3v) is 5.32. The fraction of sp³-hybridized carbons (Fsp3) is 0.533. The number of amides is 2. The van der Waals surface area contributed by atoms with Crippen LogP contribution in [0.25, 0.3) is 0 Å². The first-order valence-electron chi connectivity index (χ1n) is 7.58. The van der Waals surface area contributed by atoms with Crippen molar-refractivity contribution < 1.29 is 14.4 Å². The van der Waals surface area contributed by atoms with E-state index in [1.807, 2.05) is 16.8 Å². The van der Waals surface area contributed by atoms with Gasteiger partial charge in [-0.05, 0) is 30.7 Å². The van der Waals surface area contributed by atoms with Crippen molar-refractivity contribution in [2.45, 2.75) is 31.4 Å². The zero-order valence-corrected chi connectivity index (χ0v) is 12.8. The molecule has 1 saturated carbocycles. The Bertz CT molecular complexity index is 624. The molecule has 3 aliphatic rings. The zero-order chi connectivity index (χ0) is 15.1. The number of likely N-dealkylation sites (tertiary alicyclic amines) is 1. The van der Waals surface area contributed by atoms with E-state index in [0.717, 1.165) is 12.8 Å². The summed E-state index contributed by atoms with van der Waals surface area (Å²) in [5.74, 6) is -0.248.